The quantitative estimate of drug-likeness (QED) is 0.664. The summed E-state index contributed by atoms with van der Waals surface area (Å²) in [5.41, 5.74) is 1.53. The second kappa shape index (κ2) is 4.28. The first-order chi connectivity index (χ1) is 5.66. The molecule has 13 heavy (non-hydrogen) atoms. The van der Waals surface area contributed by atoms with Crippen molar-refractivity contribution in [2.45, 2.75) is 47.5 Å². The monoisotopic (exact) mass is 184 g/mol. The first-order valence-electron chi connectivity index (χ1n) is 4.94. The van der Waals surface area contributed by atoms with Crippen molar-refractivity contribution >= 4 is 0 Å². The van der Waals surface area contributed by atoms with E-state index >= 15 is 0 Å². The van der Waals surface area contributed by atoms with Crippen molar-refractivity contribution in [2.24, 2.45) is 10.8 Å². The number of aliphatic hydroxyl groups excluding tert-OH is 1. The molecule has 0 spiro atoms. The van der Waals surface area contributed by atoms with Gasteiger partial charge in [0, 0.05) is 0 Å². The second-order valence-corrected chi connectivity index (χ2v) is 5.99. The maximum absolute atomic E-state index is 8.90. The zero-order valence-electron chi connectivity index (χ0n) is 9.78. The van der Waals surface area contributed by atoms with Gasteiger partial charge in [0.05, 0.1) is 6.61 Å². The maximum Gasteiger partial charge on any atom is 0.0639 e. The third-order valence-electron chi connectivity index (χ3n) is 1.96. The smallest absolute Gasteiger partial charge is 0.0639 e. The summed E-state index contributed by atoms with van der Waals surface area (Å²) in [4.78, 5) is 0. The van der Waals surface area contributed by atoms with Crippen LogP contribution in [-0.2, 0) is 0 Å². The van der Waals surface area contributed by atoms with Crippen molar-refractivity contribution in [1.82, 2.24) is 0 Å². The average Bonchev–Trinajstić information content (AvgIpc) is 1.80. The third-order valence-corrected chi connectivity index (χ3v) is 1.96. The van der Waals surface area contributed by atoms with E-state index in [1.165, 1.54) is 0 Å². The Hall–Kier alpha value is -0.300. The van der Waals surface area contributed by atoms with Crippen molar-refractivity contribution in [1.29, 1.82) is 0 Å². The van der Waals surface area contributed by atoms with Crippen molar-refractivity contribution in [3.63, 3.8) is 0 Å². The predicted molar refractivity (Wildman–Crippen MR) is 58.7 cm³/mol. The zero-order valence-corrected chi connectivity index (χ0v) is 9.78. The van der Waals surface area contributed by atoms with Gasteiger partial charge in [0.2, 0.25) is 0 Å². The van der Waals surface area contributed by atoms with Gasteiger partial charge in [0.25, 0.3) is 0 Å². The van der Waals surface area contributed by atoms with Gasteiger partial charge in [-0.2, -0.15) is 0 Å². The van der Waals surface area contributed by atoms with E-state index in [0.29, 0.717) is 5.41 Å². The van der Waals surface area contributed by atoms with E-state index < -0.39 is 0 Å². The summed E-state index contributed by atoms with van der Waals surface area (Å²) in [6.45, 7) is 15.2. The molecule has 0 bridgehead atoms. The van der Waals surface area contributed by atoms with Crippen LogP contribution < -0.4 is 0 Å². The van der Waals surface area contributed by atoms with E-state index in [-0.39, 0.29) is 12.0 Å². The lowest BCUT2D eigenvalue weighted by molar-refractivity contribution is 0.202. The van der Waals surface area contributed by atoms with Crippen LogP contribution in [0.3, 0.4) is 0 Å². The molecule has 0 aromatic carbocycles. The molecule has 0 unspecified atom stereocenters. The largest absolute Gasteiger partial charge is 0.392 e. The molecule has 0 radical (unpaired) electrons. The highest BCUT2D eigenvalue weighted by Crippen LogP contribution is 2.37. The standard InChI is InChI=1S/C12H24O/c1-10(8-13)7-12(5,6)9-11(2,3)4/h13H,1,7-9H2,2-6H3. The molecule has 0 atom stereocenters. The van der Waals surface area contributed by atoms with Gasteiger partial charge in [-0.25, -0.2) is 0 Å². The van der Waals surface area contributed by atoms with Crippen molar-refractivity contribution in [2.75, 3.05) is 6.61 Å². The molecule has 0 saturated heterocycles. The van der Waals surface area contributed by atoms with E-state index in [2.05, 4.69) is 41.2 Å². The molecule has 0 heterocycles. The van der Waals surface area contributed by atoms with Crippen molar-refractivity contribution in [3.8, 4) is 0 Å². The van der Waals surface area contributed by atoms with Crippen molar-refractivity contribution < 1.29 is 5.11 Å². The molecule has 0 aliphatic rings. The van der Waals surface area contributed by atoms with Crippen molar-refractivity contribution in [3.05, 3.63) is 12.2 Å². The van der Waals surface area contributed by atoms with E-state index in [0.717, 1.165) is 18.4 Å². The minimum absolute atomic E-state index is 0.119. The first-order valence-corrected chi connectivity index (χ1v) is 4.94. The Labute approximate surface area is 82.9 Å². The fourth-order valence-electron chi connectivity index (χ4n) is 2.23. The van der Waals surface area contributed by atoms with Crippen LogP contribution in [0.2, 0.25) is 0 Å². The number of hydrogen-bond acceptors (Lipinski definition) is 1. The Morgan fingerprint density at radius 2 is 1.62 bits per heavy atom. The minimum atomic E-state index is 0.119. The van der Waals surface area contributed by atoms with Crippen LogP contribution in [0.25, 0.3) is 0 Å². The summed E-state index contributed by atoms with van der Waals surface area (Å²) in [5.74, 6) is 0. The molecule has 0 amide bonds. The molecular weight excluding hydrogens is 160 g/mol. The average molecular weight is 184 g/mol. The molecule has 0 rings (SSSR count). The Balaban J connectivity index is 4.16. The van der Waals surface area contributed by atoms with Gasteiger partial charge in [-0.3, -0.25) is 0 Å². The van der Waals surface area contributed by atoms with E-state index in [4.69, 9.17) is 5.11 Å². The number of aliphatic hydroxyl groups is 1. The van der Waals surface area contributed by atoms with E-state index in [1.54, 1.807) is 0 Å². The summed E-state index contributed by atoms with van der Waals surface area (Å²) in [6.07, 6.45) is 2.07. The van der Waals surface area contributed by atoms with Crippen LogP contribution in [0.5, 0.6) is 0 Å². The van der Waals surface area contributed by atoms with Crippen LogP contribution >= 0.6 is 0 Å². The fraction of sp³-hybridized carbons (Fsp3) is 0.833. The van der Waals surface area contributed by atoms with Crippen LogP contribution in [0.1, 0.15) is 47.5 Å². The number of hydrogen-bond donors (Lipinski definition) is 1. The molecule has 0 saturated carbocycles. The molecule has 1 nitrogen and oxygen atoms in total. The highest BCUT2D eigenvalue weighted by atomic mass is 16.3. The Bertz CT molecular complexity index is 172. The summed E-state index contributed by atoms with van der Waals surface area (Å²) in [7, 11) is 0. The molecule has 0 aromatic rings. The Morgan fingerprint density at radius 1 is 1.15 bits per heavy atom. The summed E-state index contributed by atoms with van der Waals surface area (Å²) in [6, 6.07) is 0. The molecule has 0 fully saturated rings. The van der Waals surface area contributed by atoms with Crippen LogP contribution in [0.15, 0.2) is 12.2 Å². The molecule has 0 aliphatic carbocycles. The topological polar surface area (TPSA) is 20.2 Å². The molecule has 78 valence electrons. The van der Waals surface area contributed by atoms with Gasteiger partial charge in [-0.05, 0) is 23.7 Å². The lowest BCUT2D eigenvalue weighted by Gasteiger charge is -2.32. The van der Waals surface area contributed by atoms with Gasteiger partial charge in [-0.1, -0.05) is 46.8 Å². The summed E-state index contributed by atoms with van der Waals surface area (Å²) < 4.78 is 0. The lowest BCUT2D eigenvalue weighted by atomic mass is 9.73. The lowest BCUT2D eigenvalue weighted by Crippen LogP contribution is -2.21. The molecular formula is C12H24O. The normalized spacial score (nSPS) is 13.1. The van der Waals surface area contributed by atoms with E-state index in [9.17, 15) is 0 Å². The molecule has 1 N–H and O–H groups in total. The Kier molecular flexibility index (Phi) is 4.18. The molecule has 1 heteroatoms. The number of rotatable bonds is 4. The zero-order chi connectivity index (χ0) is 10.7. The van der Waals surface area contributed by atoms with Crippen LogP contribution in [0.4, 0.5) is 0 Å². The molecule has 0 aliphatic heterocycles. The fourth-order valence-corrected chi connectivity index (χ4v) is 2.23. The van der Waals surface area contributed by atoms with Gasteiger partial charge in [0.1, 0.15) is 0 Å². The minimum Gasteiger partial charge on any atom is -0.392 e. The summed E-state index contributed by atoms with van der Waals surface area (Å²) in [5, 5.41) is 8.90. The van der Waals surface area contributed by atoms with Crippen LogP contribution in [-0.4, -0.2) is 11.7 Å². The Morgan fingerprint density at radius 3 is 1.92 bits per heavy atom. The van der Waals surface area contributed by atoms with Gasteiger partial charge in [-0.15, -0.1) is 0 Å². The summed E-state index contributed by atoms with van der Waals surface area (Å²) >= 11 is 0. The SMILES string of the molecule is C=C(CO)CC(C)(C)CC(C)(C)C. The predicted octanol–water partition coefficient (Wildman–Crippen LogP) is 3.39. The van der Waals surface area contributed by atoms with Gasteiger partial charge >= 0.3 is 0 Å². The highest BCUT2D eigenvalue weighted by Gasteiger charge is 2.25. The van der Waals surface area contributed by atoms with Crippen LogP contribution in [0, 0.1) is 10.8 Å². The van der Waals surface area contributed by atoms with Gasteiger partial charge in [0.15, 0.2) is 0 Å². The van der Waals surface area contributed by atoms with E-state index in [1.807, 2.05) is 0 Å². The second-order valence-electron chi connectivity index (χ2n) is 5.99. The van der Waals surface area contributed by atoms with Gasteiger partial charge < -0.3 is 5.11 Å². The molecule has 0 aromatic heterocycles. The maximum atomic E-state index is 8.90. The first kappa shape index (κ1) is 12.7. The highest BCUT2D eigenvalue weighted by molar-refractivity contribution is 4.98. The third kappa shape index (κ3) is 6.83.